The van der Waals surface area contributed by atoms with Crippen LogP contribution in [0.2, 0.25) is 0 Å². The third kappa shape index (κ3) is 5.15. The molecule has 1 aliphatic carbocycles. The number of furan rings is 1. The smallest absolute Gasteiger partial charge is 0.143 e. The fourth-order valence-electron chi connectivity index (χ4n) is 9.92. The minimum absolute atomic E-state index is 0.140. The fourth-order valence-corrected chi connectivity index (χ4v) is 9.92. The van der Waals surface area contributed by atoms with Gasteiger partial charge in [0.25, 0.3) is 0 Å². The number of aromatic nitrogens is 1. The minimum Gasteiger partial charge on any atom is -0.455 e. The molecule has 0 spiro atoms. The Bertz CT molecular complexity index is 3460. The molecule has 0 atom stereocenters. The number of benzene rings is 9. The van der Waals surface area contributed by atoms with Crippen molar-refractivity contribution in [3.05, 3.63) is 217 Å². The number of fused-ring (bicyclic) bond motifs is 9. The molecular weight excluding hydrogens is 729 g/mol. The van der Waals surface area contributed by atoms with E-state index >= 15 is 0 Å². The number of nitrogens with zero attached hydrogens (tertiary/aromatic N) is 2. The molecule has 0 radical (unpaired) electrons. The van der Waals surface area contributed by atoms with Crippen molar-refractivity contribution in [3.63, 3.8) is 0 Å². The Morgan fingerprint density at radius 1 is 0.417 bits per heavy atom. The molecule has 9 aromatic carbocycles. The lowest BCUT2D eigenvalue weighted by Crippen LogP contribution is -2.16. The maximum atomic E-state index is 6.64. The van der Waals surface area contributed by atoms with Gasteiger partial charge in [0, 0.05) is 55.1 Å². The molecule has 0 bridgehead atoms. The zero-order valence-corrected chi connectivity index (χ0v) is 33.4. The van der Waals surface area contributed by atoms with Crippen molar-refractivity contribution in [2.75, 3.05) is 4.90 Å². The Hall–Kier alpha value is -7.62. The van der Waals surface area contributed by atoms with E-state index in [1.807, 2.05) is 6.07 Å². The number of hydrogen-bond donors (Lipinski definition) is 0. The monoisotopic (exact) mass is 768 g/mol. The minimum atomic E-state index is -0.140. The van der Waals surface area contributed by atoms with Gasteiger partial charge in [-0.05, 0) is 100 Å². The zero-order valence-electron chi connectivity index (χ0n) is 33.4. The van der Waals surface area contributed by atoms with Crippen LogP contribution in [-0.2, 0) is 5.41 Å². The first-order valence-electron chi connectivity index (χ1n) is 20.8. The Morgan fingerprint density at radius 3 is 1.92 bits per heavy atom. The van der Waals surface area contributed by atoms with Crippen LogP contribution >= 0.6 is 0 Å². The van der Waals surface area contributed by atoms with E-state index in [2.05, 4.69) is 224 Å². The lowest BCUT2D eigenvalue weighted by atomic mass is 9.82. The van der Waals surface area contributed by atoms with E-state index < -0.39 is 0 Å². The van der Waals surface area contributed by atoms with E-state index in [0.717, 1.165) is 55.8 Å². The topological polar surface area (TPSA) is 21.3 Å². The van der Waals surface area contributed by atoms with Gasteiger partial charge in [-0.25, -0.2) is 0 Å². The van der Waals surface area contributed by atoms with Gasteiger partial charge in [-0.3, -0.25) is 0 Å². The summed E-state index contributed by atoms with van der Waals surface area (Å²) in [6.45, 7) is 4.70. The quantitative estimate of drug-likeness (QED) is 0.168. The van der Waals surface area contributed by atoms with Crippen LogP contribution in [0.15, 0.2) is 211 Å². The summed E-state index contributed by atoms with van der Waals surface area (Å²) in [5.74, 6) is 0. The zero-order chi connectivity index (χ0) is 40.0. The summed E-state index contributed by atoms with van der Waals surface area (Å²) in [5.41, 5.74) is 18.4. The molecule has 0 N–H and O–H groups in total. The van der Waals surface area contributed by atoms with Crippen molar-refractivity contribution >= 4 is 60.8 Å². The second kappa shape index (κ2) is 13.2. The standard InChI is InChI=1S/C57H40N2O/c1-57(2)50-23-10-6-17-42(50)43-33-32-41(36-51(43)57)58(52-24-11-7-18-44(52)47-21-14-22-48-46-20-9-13-26-55(46)60-56(47)48)40-30-27-37(28-31-40)38-29-34-54-49(35-38)45-19-8-12-25-53(45)59(54)39-15-4-3-5-16-39/h3-36H,1-2H3. The first-order valence-corrected chi connectivity index (χ1v) is 20.8. The van der Waals surface area contributed by atoms with Gasteiger partial charge in [-0.2, -0.15) is 0 Å². The summed E-state index contributed by atoms with van der Waals surface area (Å²) in [6, 6.07) is 74.8. The number of hydrogen-bond acceptors (Lipinski definition) is 2. The molecule has 0 aliphatic heterocycles. The molecule has 0 saturated carbocycles. The van der Waals surface area contributed by atoms with Gasteiger partial charge in [0.2, 0.25) is 0 Å². The highest BCUT2D eigenvalue weighted by molar-refractivity contribution is 6.12. The molecule has 0 fully saturated rings. The third-order valence-corrected chi connectivity index (χ3v) is 12.8. The Kier molecular flexibility index (Phi) is 7.58. The van der Waals surface area contributed by atoms with Crippen LogP contribution in [0.5, 0.6) is 0 Å². The van der Waals surface area contributed by atoms with Crippen LogP contribution < -0.4 is 4.90 Å². The largest absolute Gasteiger partial charge is 0.455 e. The van der Waals surface area contributed by atoms with Crippen LogP contribution in [0, 0.1) is 0 Å². The summed E-state index contributed by atoms with van der Waals surface area (Å²) in [4.78, 5) is 2.43. The van der Waals surface area contributed by atoms with E-state index in [1.165, 1.54) is 55.2 Å². The first kappa shape index (κ1) is 34.4. The van der Waals surface area contributed by atoms with Crippen molar-refractivity contribution in [2.45, 2.75) is 19.3 Å². The van der Waals surface area contributed by atoms with Gasteiger partial charge in [-0.15, -0.1) is 0 Å². The Balaban J connectivity index is 1.02. The van der Waals surface area contributed by atoms with Gasteiger partial charge >= 0.3 is 0 Å². The van der Waals surface area contributed by atoms with E-state index in [0.29, 0.717) is 0 Å². The molecule has 12 rings (SSSR count). The molecule has 0 saturated heterocycles. The third-order valence-electron chi connectivity index (χ3n) is 12.8. The number of rotatable bonds is 6. The fraction of sp³-hybridized carbons (Fsp3) is 0.0526. The van der Waals surface area contributed by atoms with Gasteiger partial charge in [-0.1, -0.05) is 153 Å². The lowest BCUT2D eigenvalue weighted by Gasteiger charge is -2.30. The molecule has 3 nitrogen and oxygen atoms in total. The average molecular weight is 769 g/mol. The highest BCUT2D eigenvalue weighted by Gasteiger charge is 2.36. The summed E-state index contributed by atoms with van der Waals surface area (Å²) in [7, 11) is 0. The van der Waals surface area contributed by atoms with Gasteiger partial charge in [0.05, 0.1) is 16.7 Å². The highest BCUT2D eigenvalue weighted by Crippen LogP contribution is 2.52. The lowest BCUT2D eigenvalue weighted by molar-refractivity contribution is 0.660. The SMILES string of the molecule is CC1(C)c2ccccc2-c2ccc(N(c3ccc(-c4ccc5c(c4)c4ccccc4n5-c4ccccc4)cc3)c3ccccc3-c3cccc4c3oc3ccccc34)cc21. The molecule has 3 heteroatoms. The van der Waals surface area contributed by atoms with Crippen molar-refractivity contribution in [1.29, 1.82) is 0 Å². The number of para-hydroxylation sites is 5. The predicted molar refractivity (Wildman–Crippen MR) is 251 cm³/mol. The van der Waals surface area contributed by atoms with Crippen LogP contribution in [-0.4, -0.2) is 4.57 Å². The summed E-state index contributed by atoms with van der Waals surface area (Å²) in [6.07, 6.45) is 0. The summed E-state index contributed by atoms with van der Waals surface area (Å²) >= 11 is 0. The van der Waals surface area contributed by atoms with Gasteiger partial charge in [0.1, 0.15) is 11.2 Å². The molecule has 284 valence electrons. The molecular formula is C57H40N2O. The maximum Gasteiger partial charge on any atom is 0.143 e. The molecule has 0 unspecified atom stereocenters. The van der Waals surface area contributed by atoms with E-state index in [1.54, 1.807) is 0 Å². The normalized spacial score (nSPS) is 13.0. The highest BCUT2D eigenvalue weighted by atomic mass is 16.3. The molecule has 1 aliphatic rings. The van der Waals surface area contributed by atoms with Gasteiger partial charge in [0.15, 0.2) is 0 Å². The Labute approximate surface area is 349 Å². The number of anilines is 3. The van der Waals surface area contributed by atoms with Crippen molar-refractivity contribution in [1.82, 2.24) is 4.57 Å². The van der Waals surface area contributed by atoms with E-state index in [-0.39, 0.29) is 5.41 Å². The van der Waals surface area contributed by atoms with E-state index in [9.17, 15) is 0 Å². The molecule has 11 aromatic rings. The first-order chi connectivity index (χ1) is 29.5. The summed E-state index contributed by atoms with van der Waals surface area (Å²) < 4.78 is 9.01. The Morgan fingerprint density at radius 2 is 1.05 bits per heavy atom. The van der Waals surface area contributed by atoms with Crippen LogP contribution in [0.4, 0.5) is 17.1 Å². The molecule has 60 heavy (non-hydrogen) atoms. The van der Waals surface area contributed by atoms with Crippen molar-refractivity contribution in [3.8, 4) is 39.1 Å². The van der Waals surface area contributed by atoms with E-state index in [4.69, 9.17) is 4.42 Å². The second-order valence-corrected chi connectivity index (χ2v) is 16.5. The molecule has 0 amide bonds. The molecule has 2 aromatic heterocycles. The maximum absolute atomic E-state index is 6.64. The predicted octanol–water partition coefficient (Wildman–Crippen LogP) is 15.8. The van der Waals surface area contributed by atoms with Crippen molar-refractivity contribution < 1.29 is 4.42 Å². The van der Waals surface area contributed by atoms with Crippen molar-refractivity contribution in [2.24, 2.45) is 0 Å². The second-order valence-electron chi connectivity index (χ2n) is 16.5. The molecule has 2 heterocycles. The summed E-state index contributed by atoms with van der Waals surface area (Å²) in [5, 5.41) is 4.74. The van der Waals surface area contributed by atoms with Crippen LogP contribution in [0.3, 0.4) is 0 Å². The van der Waals surface area contributed by atoms with Crippen LogP contribution in [0.1, 0.15) is 25.0 Å². The van der Waals surface area contributed by atoms with Gasteiger partial charge < -0.3 is 13.9 Å². The van der Waals surface area contributed by atoms with Crippen LogP contribution in [0.25, 0.3) is 82.8 Å². The average Bonchev–Trinajstić information content (AvgIpc) is 3.92.